The van der Waals surface area contributed by atoms with Crippen molar-refractivity contribution >= 4 is 0 Å². The van der Waals surface area contributed by atoms with Crippen LogP contribution in [0.25, 0.3) is 0 Å². The van der Waals surface area contributed by atoms with Gasteiger partial charge >= 0.3 is 0 Å². The summed E-state index contributed by atoms with van der Waals surface area (Å²) in [5, 5.41) is 3.30. The normalized spacial score (nSPS) is 10.9. The lowest BCUT2D eigenvalue weighted by Gasteiger charge is -2.09. The van der Waals surface area contributed by atoms with Crippen molar-refractivity contribution in [2.75, 3.05) is 20.3 Å². The summed E-state index contributed by atoms with van der Waals surface area (Å²) < 4.78 is 24.1. The zero-order chi connectivity index (χ0) is 13.4. The van der Waals surface area contributed by atoms with Crippen LogP contribution >= 0.6 is 0 Å². The molecule has 0 aliphatic heterocycles. The molecule has 18 heavy (non-hydrogen) atoms. The first kappa shape index (κ1) is 14.9. The van der Waals surface area contributed by atoms with Crippen LogP contribution in [0.15, 0.2) is 18.2 Å². The van der Waals surface area contributed by atoms with E-state index in [1.807, 2.05) is 0 Å². The summed E-state index contributed by atoms with van der Waals surface area (Å²) in [4.78, 5) is 0. The third kappa shape index (κ3) is 5.02. The smallest absolute Gasteiger partial charge is 0.170 e. The molecular weight excluding hydrogens is 233 g/mol. The molecule has 0 spiro atoms. The number of hydrogen-bond donors (Lipinski definition) is 1. The van der Waals surface area contributed by atoms with E-state index in [2.05, 4.69) is 19.2 Å². The van der Waals surface area contributed by atoms with Gasteiger partial charge in [-0.15, -0.1) is 0 Å². The molecule has 0 saturated carbocycles. The molecule has 0 aromatic heterocycles. The quantitative estimate of drug-likeness (QED) is 0.725. The van der Waals surface area contributed by atoms with E-state index in [-0.39, 0.29) is 18.2 Å². The average Bonchev–Trinajstić information content (AvgIpc) is 2.35. The van der Waals surface area contributed by atoms with Gasteiger partial charge in [0.15, 0.2) is 11.6 Å². The largest absolute Gasteiger partial charge is 0.494 e. The van der Waals surface area contributed by atoms with Crippen molar-refractivity contribution < 1.29 is 13.9 Å². The van der Waals surface area contributed by atoms with Crippen LogP contribution in [0.4, 0.5) is 4.39 Å². The molecule has 0 aliphatic carbocycles. The molecule has 1 rings (SSSR count). The Labute approximate surface area is 108 Å². The maximum Gasteiger partial charge on any atom is 0.170 e. The van der Waals surface area contributed by atoms with Crippen LogP contribution in [0, 0.1) is 5.82 Å². The summed E-state index contributed by atoms with van der Waals surface area (Å²) in [5.41, 5.74) is 0.533. The standard InChI is InChI=1S/C14H22FNO2/c1-11(2)16-8-5-9-18-10-12-6-4-7-13(17-3)14(12)15/h4,6-7,11,16H,5,8-10H2,1-3H3. The minimum absolute atomic E-state index is 0.262. The Morgan fingerprint density at radius 3 is 2.78 bits per heavy atom. The molecule has 0 amide bonds. The summed E-state index contributed by atoms with van der Waals surface area (Å²) in [6.45, 7) is 6.03. The maximum atomic E-state index is 13.7. The van der Waals surface area contributed by atoms with Gasteiger partial charge in [0, 0.05) is 18.2 Å². The van der Waals surface area contributed by atoms with Gasteiger partial charge < -0.3 is 14.8 Å². The van der Waals surface area contributed by atoms with Gasteiger partial charge in [-0.3, -0.25) is 0 Å². The Balaban J connectivity index is 2.27. The van der Waals surface area contributed by atoms with E-state index in [1.165, 1.54) is 7.11 Å². The highest BCUT2D eigenvalue weighted by atomic mass is 19.1. The number of halogens is 1. The van der Waals surface area contributed by atoms with Crippen LogP contribution in [0.3, 0.4) is 0 Å². The zero-order valence-corrected chi connectivity index (χ0v) is 11.3. The molecule has 0 saturated heterocycles. The number of methoxy groups -OCH3 is 1. The van der Waals surface area contributed by atoms with E-state index >= 15 is 0 Å². The molecule has 0 unspecified atom stereocenters. The lowest BCUT2D eigenvalue weighted by atomic mass is 10.2. The predicted molar refractivity (Wildman–Crippen MR) is 70.4 cm³/mol. The van der Waals surface area contributed by atoms with Crippen LogP contribution in [-0.4, -0.2) is 26.3 Å². The number of ether oxygens (including phenoxy) is 2. The second kappa shape index (κ2) is 8.06. The highest BCUT2D eigenvalue weighted by Gasteiger charge is 2.07. The summed E-state index contributed by atoms with van der Waals surface area (Å²) in [7, 11) is 1.46. The van der Waals surface area contributed by atoms with Crippen molar-refractivity contribution in [3.63, 3.8) is 0 Å². The number of hydrogen-bond acceptors (Lipinski definition) is 3. The molecule has 0 atom stereocenters. The summed E-state index contributed by atoms with van der Waals surface area (Å²) in [6, 6.07) is 5.57. The fourth-order valence-corrected chi connectivity index (χ4v) is 1.57. The molecule has 0 heterocycles. The van der Waals surface area contributed by atoms with Gasteiger partial charge in [0.2, 0.25) is 0 Å². The van der Waals surface area contributed by atoms with Crippen molar-refractivity contribution in [1.82, 2.24) is 5.32 Å². The van der Waals surface area contributed by atoms with E-state index in [9.17, 15) is 4.39 Å². The van der Waals surface area contributed by atoms with E-state index in [1.54, 1.807) is 18.2 Å². The number of nitrogens with one attached hydrogen (secondary N) is 1. The molecule has 0 bridgehead atoms. The Kier molecular flexibility index (Phi) is 6.68. The van der Waals surface area contributed by atoms with Gasteiger partial charge in [-0.2, -0.15) is 0 Å². The van der Waals surface area contributed by atoms with Gasteiger partial charge in [0.05, 0.1) is 13.7 Å². The fourth-order valence-electron chi connectivity index (χ4n) is 1.57. The van der Waals surface area contributed by atoms with Crippen LogP contribution in [0.5, 0.6) is 5.75 Å². The summed E-state index contributed by atoms with van der Waals surface area (Å²) >= 11 is 0. The summed E-state index contributed by atoms with van der Waals surface area (Å²) in [5.74, 6) is -0.0714. The fraction of sp³-hybridized carbons (Fsp3) is 0.571. The molecule has 3 nitrogen and oxygen atoms in total. The van der Waals surface area contributed by atoms with E-state index in [0.29, 0.717) is 18.2 Å². The van der Waals surface area contributed by atoms with Crippen LogP contribution in [0.1, 0.15) is 25.8 Å². The van der Waals surface area contributed by atoms with Gasteiger partial charge in [-0.25, -0.2) is 4.39 Å². The molecular formula is C14H22FNO2. The van der Waals surface area contributed by atoms with E-state index < -0.39 is 0 Å². The second-order valence-electron chi connectivity index (χ2n) is 4.45. The van der Waals surface area contributed by atoms with Crippen LogP contribution < -0.4 is 10.1 Å². The maximum absolute atomic E-state index is 13.7. The Bertz CT molecular complexity index is 356. The van der Waals surface area contributed by atoms with E-state index in [0.717, 1.165) is 13.0 Å². The van der Waals surface area contributed by atoms with E-state index in [4.69, 9.17) is 9.47 Å². The average molecular weight is 255 g/mol. The Morgan fingerprint density at radius 1 is 1.33 bits per heavy atom. The molecule has 1 aromatic rings. The first-order valence-corrected chi connectivity index (χ1v) is 6.27. The molecule has 0 fully saturated rings. The number of rotatable bonds is 8. The zero-order valence-electron chi connectivity index (χ0n) is 11.3. The van der Waals surface area contributed by atoms with Gasteiger partial charge in [0.1, 0.15) is 0 Å². The van der Waals surface area contributed by atoms with Crippen molar-refractivity contribution in [2.24, 2.45) is 0 Å². The molecule has 4 heteroatoms. The third-order valence-corrected chi connectivity index (χ3v) is 2.54. The molecule has 0 aliphatic rings. The third-order valence-electron chi connectivity index (χ3n) is 2.54. The Hall–Kier alpha value is -1.13. The van der Waals surface area contributed by atoms with Crippen molar-refractivity contribution in [3.8, 4) is 5.75 Å². The van der Waals surface area contributed by atoms with Gasteiger partial charge in [0.25, 0.3) is 0 Å². The van der Waals surface area contributed by atoms with Gasteiger partial charge in [-0.05, 0) is 19.0 Å². The highest BCUT2D eigenvalue weighted by Crippen LogP contribution is 2.20. The minimum atomic E-state index is -0.333. The molecule has 102 valence electrons. The molecule has 0 radical (unpaired) electrons. The first-order chi connectivity index (χ1) is 8.65. The van der Waals surface area contributed by atoms with Crippen molar-refractivity contribution in [3.05, 3.63) is 29.6 Å². The topological polar surface area (TPSA) is 30.5 Å². The summed E-state index contributed by atoms with van der Waals surface area (Å²) in [6.07, 6.45) is 0.920. The lowest BCUT2D eigenvalue weighted by molar-refractivity contribution is 0.115. The first-order valence-electron chi connectivity index (χ1n) is 6.27. The van der Waals surface area contributed by atoms with Crippen molar-refractivity contribution in [2.45, 2.75) is 32.9 Å². The predicted octanol–water partition coefficient (Wildman–Crippen LogP) is 2.74. The molecule has 1 aromatic carbocycles. The SMILES string of the molecule is COc1cccc(COCCCNC(C)C)c1F. The van der Waals surface area contributed by atoms with Crippen LogP contribution in [0.2, 0.25) is 0 Å². The number of benzene rings is 1. The van der Waals surface area contributed by atoms with Crippen LogP contribution in [-0.2, 0) is 11.3 Å². The van der Waals surface area contributed by atoms with Crippen molar-refractivity contribution in [1.29, 1.82) is 0 Å². The van der Waals surface area contributed by atoms with Gasteiger partial charge in [-0.1, -0.05) is 26.0 Å². The minimum Gasteiger partial charge on any atom is -0.494 e. The lowest BCUT2D eigenvalue weighted by Crippen LogP contribution is -2.24. The monoisotopic (exact) mass is 255 g/mol. The second-order valence-corrected chi connectivity index (χ2v) is 4.45. The molecule has 1 N–H and O–H groups in total. The highest BCUT2D eigenvalue weighted by molar-refractivity contribution is 5.30. The Morgan fingerprint density at radius 2 is 2.11 bits per heavy atom.